The van der Waals surface area contributed by atoms with Gasteiger partial charge in [-0.1, -0.05) is 58.9 Å². The van der Waals surface area contributed by atoms with Crippen LogP contribution in [0.5, 0.6) is 0 Å². The van der Waals surface area contributed by atoms with E-state index in [1.54, 1.807) is 10.4 Å². The molecule has 0 atom stereocenters. The molecule has 0 saturated carbocycles. The van der Waals surface area contributed by atoms with Crippen molar-refractivity contribution in [1.29, 1.82) is 0 Å². The Hall–Kier alpha value is 0.177. The van der Waals surface area contributed by atoms with Gasteiger partial charge in [0.1, 0.15) is 8.07 Å². The first kappa shape index (κ1) is 14.2. The predicted molar refractivity (Wildman–Crippen MR) is 76.2 cm³/mol. The zero-order valence-corrected chi connectivity index (χ0v) is 14.2. The van der Waals surface area contributed by atoms with Gasteiger partial charge in [-0.15, -0.1) is 0 Å². The zero-order chi connectivity index (χ0) is 11.1. The van der Waals surface area contributed by atoms with Crippen LogP contribution in [0.2, 0.25) is 13.1 Å². The maximum absolute atomic E-state index is 2.50. The van der Waals surface area contributed by atoms with E-state index in [4.69, 9.17) is 0 Å². The van der Waals surface area contributed by atoms with Gasteiger partial charge in [-0.3, -0.25) is 0 Å². The summed E-state index contributed by atoms with van der Waals surface area (Å²) in [7, 11) is -1.33. The molecule has 0 heterocycles. The van der Waals surface area contributed by atoms with Crippen molar-refractivity contribution in [2.24, 2.45) is 0 Å². The van der Waals surface area contributed by atoms with Crippen molar-refractivity contribution in [3.63, 3.8) is 0 Å². The minimum Gasteiger partial charge on any atom is -0.0806 e. The molecule has 0 N–H and O–H groups in total. The Morgan fingerprint density at radius 1 is 0.875 bits per heavy atom. The number of allylic oxidation sites excluding steroid dienone is 8. The van der Waals surface area contributed by atoms with Gasteiger partial charge in [0.05, 0.1) is 0 Å². The standard InChI is InChI=1S/C14H20Si.Na/c1-11-7-5-9-13(11)15(3,4)14-10-6-8-12(14)2;/h5-8H,9-10H2,1-4H3;. The van der Waals surface area contributed by atoms with Gasteiger partial charge >= 0.3 is 0 Å². The first-order valence-electron chi connectivity index (χ1n) is 5.77. The van der Waals surface area contributed by atoms with Crippen LogP contribution in [-0.2, 0) is 0 Å². The SMILES string of the molecule is CC1=C([Si](C)(C)C2=C(C)C=CC2)CC=C1.[Na]. The van der Waals surface area contributed by atoms with Crippen LogP contribution in [0.3, 0.4) is 0 Å². The molecule has 1 radical (unpaired) electrons. The average Bonchev–Trinajstić information content (AvgIpc) is 2.73. The van der Waals surface area contributed by atoms with Crippen molar-refractivity contribution in [3.05, 3.63) is 45.8 Å². The molecule has 2 aliphatic rings. The van der Waals surface area contributed by atoms with Gasteiger partial charge in [-0.25, -0.2) is 0 Å². The van der Waals surface area contributed by atoms with Gasteiger partial charge in [0.25, 0.3) is 0 Å². The molecule has 0 fully saturated rings. The fourth-order valence-electron chi connectivity index (χ4n) is 2.91. The van der Waals surface area contributed by atoms with Crippen molar-refractivity contribution in [1.82, 2.24) is 0 Å². The van der Waals surface area contributed by atoms with E-state index in [0.29, 0.717) is 0 Å². The summed E-state index contributed by atoms with van der Waals surface area (Å²) in [6.07, 6.45) is 11.6. The van der Waals surface area contributed by atoms with Crippen molar-refractivity contribution in [2.45, 2.75) is 39.8 Å². The fourth-order valence-corrected chi connectivity index (χ4v) is 6.67. The van der Waals surface area contributed by atoms with Crippen LogP contribution in [0.15, 0.2) is 45.8 Å². The minimum atomic E-state index is -1.33. The van der Waals surface area contributed by atoms with Crippen LogP contribution in [0.1, 0.15) is 26.7 Å². The van der Waals surface area contributed by atoms with E-state index in [0.717, 1.165) is 0 Å². The molecule has 0 saturated heterocycles. The molecule has 2 heteroatoms. The molecule has 16 heavy (non-hydrogen) atoms. The van der Waals surface area contributed by atoms with Crippen molar-refractivity contribution < 1.29 is 0 Å². The molecule has 0 aliphatic heterocycles. The molecule has 0 bridgehead atoms. The summed E-state index contributed by atoms with van der Waals surface area (Å²) in [6.45, 7) is 9.55. The van der Waals surface area contributed by atoms with Crippen LogP contribution in [0, 0.1) is 0 Å². The summed E-state index contributed by atoms with van der Waals surface area (Å²) in [5, 5.41) is 3.47. The third-order valence-electron chi connectivity index (χ3n) is 3.84. The Kier molecular flexibility index (Phi) is 4.64. The summed E-state index contributed by atoms with van der Waals surface area (Å²) in [5.74, 6) is 0. The van der Waals surface area contributed by atoms with Gasteiger partial charge in [0, 0.05) is 29.6 Å². The van der Waals surface area contributed by atoms with Crippen LogP contribution < -0.4 is 0 Å². The van der Waals surface area contributed by atoms with E-state index in [9.17, 15) is 0 Å². The Morgan fingerprint density at radius 3 is 1.50 bits per heavy atom. The maximum Gasteiger partial charge on any atom is 0.104 e. The average molecular weight is 239 g/mol. The number of rotatable bonds is 2. The Balaban J connectivity index is 0.00000128. The van der Waals surface area contributed by atoms with E-state index in [2.05, 4.69) is 51.2 Å². The summed E-state index contributed by atoms with van der Waals surface area (Å²) in [6, 6.07) is 0. The molecule has 0 aromatic heterocycles. The molecule has 0 amide bonds. The molecule has 81 valence electrons. The topological polar surface area (TPSA) is 0 Å². The van der Waals surface area contributed by atoms with Gasteiger partial charge in [-0.2, -0.15) is 0 Å². The monoisotopic (exact) mass is 239 g/mol. The summed E-state index contributed by atoms with van der Waals surface area (Å²) in [5.41, 5.74) is 3.05. The van der Waals surface area contributed by atoms with Crippen molar-refractivity contribution in [2.75, 3.05) is 0 Å². The zero-order valence-electron chi connectivity index (χ0n) is 11.2. The molecular weight excluding hydrogens is 219 g/mol. The normalized spacial score (nSPS) is 19.8. The number of hydrogen-bond acceptors (Lipinski definition) is 0. The van der Waals surface area contributed by atoms with Crippen LogP contribution in [0.4, 0.5) is 0 Å². The third-order valence-corrected chi connectivity index (χ3v) is 8.06. The van der Waals surface area contributed by atoms with E-state index < -0.39 is 8.07 Å². The van der Waals surface area contributed by atoms with Crippen LogP contribution in [-0.4, -0.2) is 37.6 Å². The maximum atomic E-state index is 2.50. The third kappa shape index (κ3) is 2.38. The predicted octanol–water partition coefficient (Wildman–Crippen LogP) is 3.95. The van der Waals surface area contributed by atoms with Crippen LogP contribution in [0.25, 0.3) is 0 Å². The van der Waals surface area contributed by atoms with Crippen LogP contribution >= 0.6 is 0 Å². The smallest absolute Gasteiger partial charge is 0.0806 e. The largest absolute Gasteiger partial charge is 0.104 e. The van der Waals surface area contributed by atoms with Gasteiger partial charge in [0.15, 0.2) is 0 Å². The quantitative estimate of drug-likeness (QED) is 0.640. The molecule has 0 unspecified atom stereocenters. The molecule has 0 spiro atoms. The molecule has 0 aromatic rings. The molecule has 0 nitrogen and oxygen atoms in total. The van der Waals surface area contributed by atoms with Crippen molar-refractivity contribution >= 4 is 37.6 Å². The second kappa shape index (κ2) is 5.22. The Labute approximate surface area is 123 Å². The number of hydrogen-bond donors (Lipinski definition) is 0. The molecule has 2 aliphatic carbocycles. The second-order valence-corrected chi connectivity index (χ2v) is 9.62. The first-order valence-corrected chi connectivity index (χ1v) is 8.77. The second-order valence-electron chi connectivity index (χ2n) is 5.16. The van der Waals surface area contributed by atoms with Gasteiger partial charge in [-0.05, 0) is 26.7 Å². The first-order chi connectivity index (χ1) is 7.03. The molecule has 2 rings (SSSR count). The van der Waals surface area contributed by atoms with Gasteiger partial charge in [0.2, 0.25) is 0 Å². The minimum absolute atomic E-state index is 0. The van der Waals surface area contributed by atoms with E-state index in [1.807, 2.05) is 0 Å². The summed E-state index contributed by atoms with van der Waals surface area (Å²) in [4.78, 5) is 0. The van der Waals surface area contributed by atoms with Gasteiger partial charge < -0.3 is 0 Å². The summed E-state index contributed by atoms with van der Waals surface area (Å²) < 4.78 is 0. The fraction of sp³-hybridized carbons (Fsp3) is 0.429. The van der Waals surface area contributed by atoms with E-state index in [1.165, 1.54) is 24.0 Å². The Bertz CT molecular complexity index is 370. The van der Waals surface area contributed by atoms with E-state index in [-0.39, 0.29) is 29.6 Å². The molecular formula is C14H20NaSi. The van der Waals surface area contributed by atoms with Crippen molar-refractivity contribution in [3.8, 4) is 0 Å². The summed E-state index contributed by atoms with van der Waals surface area (Å²) >= 11 is 0. The van der Waals surface area contributed by atoms with E-state index >= 15 is 0 Å². The molecule has 0 aromatic carbocycles. The Morgan fingerprint density at radius 2 is 1.25 bits per heavy atom.